The number of fused-ring (bicyclic) bond motifs is 5. The Balaban J connectivity index is 1.75. The van der Waals surface area contributed by atoms with Crippen molar-refractivity contribution >= 4 is 23.3 Å². The summed E-state index contributed by atoms with van der Waals surface area (Å²) in [5.74, 6) is -0.673. The topological polar surface area (TPSA) is 72.6 Å². The number of nitrogens with zero attached hydrogens (tertiary/aromatic N) is 7. The summed E-state index contributed by atoms with van der Waals surface area (Å²) in [4.78, 5) is 11.0. The first-order valence-corrected chi connectivity index (χ1v) is 9.89. The Morgan fingerprint density at radius 1 is 1.03 bits per heavy atom. The molecule has 10 heteroatoms. The molecular weight excluding hydrogens is 396 g/mol. The van der Waals surface area contributed by atoms with Gasteiger partial charge < -0.3 is 4.90 Å². The van der Waals surface area contributed by atoms with Crippen molar-refractivity contribution < 1.29 is 8.78 Å². The molecule has 7 nitrogen and oxygen atoms in total. The van der Waals surface area contributed by atoms with E-state index in [1.54, 1.807) is 16.9 Å². The molecule has 0 unspecified atom stereocenters. The Hall–Kier alpha value is -3.40. The summed E-state index contributed by atoms with van der Waals surface area (Å²) in [6, 6.07) is 11.5. The molecule has 0 saturated carbocycles. The van der Waals surface area contributed by atoms with Gasteiger partial charge >= 0.3 is 0 Å². The molecular formula is C19H13F2N7S. The van der Waals surface area contributed by atoms with Crippen LogP contribution < -0.4 is 4.90 Å². The lowest BCUT2D eigenvalue weighted by Crippen LogP contribution is -2.19. The van der Waals surface area contributed by atoms with Gasteiger partial charge in [0.15, 0.2) is 22.6 Å². The number of benzene rings is 2. The largest absolute Gasteiger partial charge is 0.319 e. The first-order chi connectivity index (χ1) is 14.2. The molecule has 0 N–H and O–H groups in total. The second kappa shape index (κ2) is 6.89. The maximum absolute atomic E-state index is 13.8. The zero-order valence-corrected chi connectivity index (χ0v) is 15.9. The van der Waals surface area contributed by atoms with Crippen molar-refractivity contribution in [1.29, 1.82) is 0 Å². The summed E-state index contributed by atoms with van der Waals surface area (Å²) in [6.45, 7) is 0.268. The molecule has 3 heterocycles. The number of tetrazole rings is 1. The van der Waals surface area contributed by atoms with E-state index < -0.39 is 11.6 Å². The minimum Gasteiger partial charge on any atom is -0.319 e. The predicted octanol–water partition coefficient (Wildman–Crippen LogP) is 3.77. The molecule has 2 aromatic heterocycles. The third kappa shape index (κ3) is 2.92. The highest BCUT2D eigenvalue weighted by Gasteiger charge is 2.29. The van der Waals surface area contributed by atoms with Gasteiger partial charge in [-0.3, -0.25) is 0 Å². The van der Waals surface area contributed by atoms with Gasteiger partial charge in [0, 0.05) is 12.7 Å². The predicted molar refractivity (Wildman–Crippen MR) is 104 cm³/mol. The van der Waals surface area contributed by atoms with Gasteiger partial charge in [-0.1, -0.05) is 30.0 Å². The normalized spacial score (nSPS) is 12.2. The summed E-state index contributed by atoms with van der Waals surface area (Å²) >= 11 is 1.41. The molecule has 1 aliphatic rings. The maximum atomic E-state index is 13.8. The Morgan fingerprint density at radius 2 is 1.86 bits per heavy atom. The highest BCUT2D eigenvalue weighted by molar-refractivity contribution is 7.98. The standard InChI is InChI=1S/C19H13F2N7S/c1-29-19-22-9-12-17(23-19)27(10-11-6-7-13(20)14(21)8-11)15-4-2-3-5-16(15)28-18(12)24-25-26-28/h2-9H,10H2,1H3. The van der Waals surface area contributed by atoms with Crippen molar-refractivity contribution in [3.8, 4) is 17.1 Å². The molecule has 5 rings (SSSR count). The lowest BCUT2D eigenvalue weighted by Gasteiger charge is -2.25. The van der Waals surface area contributed by atoms with E-state index in [1.807, 2.05) is 35.4 Å². The van der Waals surface area contributed by atoms with Gasteiger partial charge in [-0.15, -0.1) is 5.10 Å². The second-order valence-corrected chi connectivity index (χ2v) is 7.10. The molecule has 0 atom stereocenters. The van der Waals surface area contributed by atoms with E-state index in [0.29, 0.717) is 27.9 Å². The number of anilines is 2. The van der Waals surface area contributed by atoms with Crippen molar-refractivity contribution in [3.63, 3.8) is 0 Å². The molecule has 0 amide bonds. The van der Waals surface area contributed by atoms with Crippen LogP contribution in [0.5, 0.6) is 0 Å². The van der Waals surface area contributed by atoms with Crippen LogP contribution in [0.15, 0.2) is 53.8 Å². The van der Waals surface area contributed by atoms with Gasteiger partial charge in [0.25, 0.3) is 0 Å². The number of thioether (sulfide) groups is 1. The SMILES string of the molecule is CSc1ncc2c(n1)N(Cc1ccc(F)c(F)c1)c1ccccc1-n1nnnc1-2. The zero-order chi connectivity index (χ0) is 20.0. The molecule has 4 aromatic rings. The van der Waals surface area contributed by atoms with Crippen molar-refractivity contribution in [1.82, 2.24) is 30.2 Å². The third-order valence-electron chi connectivity index (χ3n) is 4.62. The van der Waals surface area contributed by atoms with Crippen LogP contribution in [0.4, 0.5) is 20.3 Å². The van der Waals surface area contributed by atoms with Gasteiger partial charge in [0.05, 0.1) is 16.9 Å². The second-order valence-electron chi connectivity index (χ2n) is 6.33. The van der Waals surface area contributed by atoms with Crippen LogP contribution >= 0.6 is 11.8 Å². The van der Waals surface area contributed by atoms with E-state index in [4.69, 9.17) is 0 Å². The molecule has 1 aliphatic heterocycles. The first-order valence-electron chi connectivity index (χ1n) is 8.66. The summed E-state index contributed by atoms with van der Waals surface area (Å²) in [7, 11) is 0. The maximum Gasteiger partial charge on any atom is 0.192 e. The number of hydrogen-bond acceptors (Lipinski definition) is 7. The van der Waals surface area contributed by atoms with Crippen molar-refractivity contribution in [2.24, 2.45) is 0 Å². The minimum absolute atomic E-state index is 0.268. The molecule has 0 fully saturated rings. The average molecular weight is 409 g/mol. The number of halogens is 2. The van der Waals surface area contributed by atoms with E-state index in [9.17, 15) is 8.78 Å². The van der Waals surface area contributed by atoms with Gasteiger partial charge in [-0.2, -0.15) is 4.68 Å². The molecule has 0 radical (unpaired) electrons. The Morgan fingerprint density at radius 3 is 2.66 bits per heavy atom. The summed E-state index contributed by atoms with van der Waals surface area (Å²) in [5, 5.41) is 12.7. The van der Waals surface area contributed by atoms with Crippen molar-refractivity contribution in [3.05, 3.63) is 65.9 Å². The van der Waals surface area contributed by atoms with Crippen LogP contribution in [0.1, 0.15) is 5.56 Å². The average Bonchev–Trinajstić information content (AvgIpc) is 3.20. The molecule has 144 valence electrons. The highest BCUT2D eigenvalue weighted by Crippen LogP contribution is 2.41. The van der Waals surface area contributed by atoms with Crippen LogP contribution in [0, 0.1) is 11.6 Å². The molecule has 29 heavy (non-hydrogen) atoms. The molecule has 2 aromatic carbocycles. The van der Waals surface area contributed by atoms with Crippen LogP contribution in [0.2, 0.25) is 0 Å². The monoisotopic (exact) mass is 409 g/mol. The number of aromatic nitrogens is 6. The van der Waals surface area contributed by atoms with Crippen molar-refractivity contribution in [2.45, 2.75) is 11.7 Å². The quantitative estimate of drug-likeness (QED) is 0.377. The lowest BCUT2D eigenvalue weighted by atomic mass is 10.1. The van der Waals surface area contributed by atoms with E-state index >= 15 is 0 Å². The minimum atomic E-state index is -0.892. The van der Waals surface area contributed by atoms with E-state index in [-0.39, 0.29) is 6.54 Å². The zero-order valence-electron chi connectivity index (χ0n) is 15.1. The van der Waals surface area contributed by atoms with Crippen LogP contribution in [0.3, 0.4) is 0 Å². The molecule has 0 bridgehead atoms. The smallest absolute Gasteiger partial charge is 0.192 e. The fourth-order valence-electron chi connectivity index (χ4n) is 3.30. The van der Waals surface area contributed by atoms with Crippen LogP contribution in [-0.4, -0.2) is 36.4 Å². The molecule has 0 aliphatic carbocycles. The summed E-state index contributed by atoms with van der Waals surface area (Å²) < 4.78 is 28.9. The number of rotatable bonds is 3. The third-order valence-corrected chi connectivity index (χ3v) is 5.18. The number of hydrogen-bond donors (Lipinski definition) is 0. The molecule has 0 spiro atoms. The number of para-hydroxylation sites is 2. The van der Waals surface area contributed by atoms with Gasteiger partial charge in [0.2, 0.25) is 0 Å². The van der Waals surface area contributed by atoms with Crippen LogP contribution in [0.25, 0.3) is 17.1 Å². The molecule has 0 saturated heterocycles. The fraction of sp³-hybridized carbons (Fsp3) is 0.105. The van der Waals surface area contributed by atoms with Gasteiger partial charge in [0.1, 0.15) is 5.82 Å². The summed E-state index contributed by atoms with van der Waals surface area (Å²) in [6.07, 6.45) is 3.57. The lowest BCUT2D eigenvalue weighted by molar-refractivity contribution is 0.507. The van der Waals surface area contributed by atoms with Crippen molar-refractivity contribution in [2.75, 3.05) is 11.2 Å². The van der Waals surface area contributed by atoms with Crippen LogP contribution in [-0.2, 0) is 6.54 Å². The Labute approximate surface area is 168 Å². The van der Waals surface area contributed by atoms with E-state index in [0.717, 1.165) is 17.4 Å². The van der Waals surface area contributed by atoms with E-state index in [2.05, 4.69) is 25.5 Å². The first kappa shape index (κ1) is 17.7. The highest BCUT2D eigenvalue weighted by atomic mass is 32.2. The van der Waals surface area contributed by atoms with Gasteiger partial charge in [-0.25, -0.2) is 18.7 Å². The van der Waals surface area contributed by atoms with Gasteiger partial charge in [-0.05, 0) is 46.5 Å². The Bertz CT molecular complexity index is 1230. The fourth-order valence-corrected chi connectivity index (χ4v) is 3.64. The Kier molecular flexibility index (Phi) is 4.20. The summed E-state index contributed by atoms with van der Waals surface area (Å²) in [5.41, 5.74) is 2.78. The van der Waals surface area contributed by atoms with E-state index in [1.165, 1.54) is 17.8 Å².